The van der Waals surface area contributed by atoms with Crippen LogP contribution in [0.2, 0.25) is 0 Å². The molecule has 3 nitrogen and oxygen atoms in total. The fourth-order valence-corrected chi connectivity index (χ4v) is 2.09. The molecule has 2 aromatic carbocycles. The summed E-state index contributed by atoms with van der Waals surface area (Å²) in [5.74, 6) is 0.906. The fourth-order valence-electron chi connectivity index (χ4n) is 2.09. The smallest absolute Gasteiger partial charge is 0.124 e. The van der Waals surface area contributed by atoms with Gasteiger partial charge in [0, 0.05) is 23.9 Å². The van der Waals surface area contributed by atoms with Gasteiger partial charge in [-0.1, -0.05) is 6.07 Å². The number of phenols is 1. The van der Waals surface area contributed by atoms with Gasteiger partial charge in [-0.15, -0.1) is 0 Å². The summed E-state index contributed by atoms with van der Waals surface area (Å²) >= 11 is 0. The SMILES string of the molecule is COc1ccc(CNc2cc(C)cc(C)c2)c(O)c1. The van der Waals surface area contributed by atoms with Crippen LogP contribution in [0.25, 0.3) is 0 Å². The van der Waals surface area contributed by atoms with E-state index in [-0.39, 0.29) is 5.75 Å². The molecule has 0 unspecified atom stereocenters. The average Bonchev–Trinajstić information content (AvgIpc) is 2.36. The van der Waals surface area contributed by atoms with Crippen molar-refractivity contribution < 1.29 is 9.84 Å². The minimum atomic E-state index is 0.247. The molecule has 19 heavy (non-hydrogen) atoms. The van der Waals surface area contributed by atoms with Crippen LogP contribution in [0.4, 0.5) is 5.69 Å². The molecule has 0 bridgehead atoms. The molecule has 0 saturated carbocycles. The third-order valence-corrected chi connectivity index (χ3v) is 3.00. The van der Waals surface area contributed by atoms with E-state index in [4.69, 9.17) is 4.74 Å². The molecule has 3 heteroatoms. The number of aryl methyl sites for hydroxylation is 2. The maximum Gasteiger partial charge on any atom is 0.124 e. The summed E-state index contributed by atoms with van der Waals surface area (Å²) in [6.07, 6.45) is 0. The van der Waals surface area contributed by atoms with E-state index in [1.54, 1.807) is 13.2 Å². The summed E-state index contributed by atoms with van der Waals surface area (Å²) in [5, 5.41) is 13.2. The van der Waals surface area contributed by atoms with Crippen molar-refractivity contribution in [2.45, 2.75) is 20.4 Å². The maximum atomic E-state index is 9.89. The van der Waals surface area contributed by atoms with Crippen molar-refractivity contribution in [3.8, 4) is 11.5 Å². The van der Waals surface area contributed by atoms with Gasteiger partial charge < -0.3 is 15.2 Å². The Balaban J connectivity index is 2.10. The van der Waals surface area contributed by atoms with Gasteiger partial charge >= 0.3 is 0 Å². The lowest BCUT2D eigenvalue weighted by atomic mass is 10.1. The third-order valence-electron chi connectivity index (χ3n) is 3.00. The Bertz CT molecular complexity index is 559. The van der Waals surface area contributed by atoms with Crippen LogP contribution in [0.3, 0.4) is 0 Å². The second-order valence-electron chi connectivity index (χ2n) is 4.72. The van der Waals surface area contributed by atoms with E-state index in [1.165, 1.54) is 11.1 Å². The molecule has 0 aliphatic carbocycles. The van der Waals surface area contributed by atoms with Gasteiger partial charge in [-0.2, -0.15) is 0 Å². The predicted molar refractivity (Wildman–Crippen MR) is 77.9 cm³/mol. The zero-order valence-electron chi connectivity index (χ0n) is 11.5. The molecule has 0 aliphatic rings. The highest BCUT2D eigenvalue weighted by Crippen LogP contribution is 2.24. The molecule has 0 atom stereocenters. The summed E-state index contributed by atoms with van der Waals surface area (Å²) in [4.78, 5) is 0. The number of hydrogen-bond donors (Lipinski definition) is 2. The Kier molecular flexibility index (Phi) is 3.95. The Morgan fingerprint density at radius 1 is 1.05 bits per heavy atom. The standard InChI is InChI=1S/C16H19NO2/c1-11-6-12(2)8-14(7-11)17-10-13-4-5-15(19-3)9-16(13)18/h4-9,17-18H,10H2,1-3H3. The van der Waals surface area contributed by atoms with Gasteiger partial charge in [-0.3, -0.25) is 0 Å². The van der Waals surface area contributed by atoms with E-state index < -0.39 is 0 Å². The molecule has 0 heterocycles. The van der Waals surface area contributed by atoms with Crippen LogP contribution in [0.5, 0.6) is 11.5 Å². The summed E-state index contributed by atoms with van der Waals surface area (Å²) in [5.41, 5.74) is 4.36. The highest BCUT2D eigenvalue weighted by atomic mass is 16.5. The van der Waals surface area contributed by atoms with Crippen molar-refractivity contribution in [1.82, 2.24) is 0 Å². The molecular weight excluding hydrogens is 238 g/mol. The first-order valence-electron chi connectivity index (χ1n) is 6.26. The van der Waals surface area contributed by atoms with Crippen LogP contribution in [0.15, 0.2) is 36.4 Å². The van der Waals surface area contributed by atoms with Gasteiger partial charge in [0.15, 0.2) is 0 Å². The number of anilines is 1. The second kappa shape index (κ2) is 5.65. The van der Waals surface area contributed by atoms with Crippen LogP contribution in [0.1, 0.15) is 16.7 Å². The largest absolute Gasteiger partial charge is 0.507 e. The van der Waals surface area contributed by atoms with Crippen molar-refractivity contribution >= 4 is 5.69 Å². The van der Waals surface area contributed by atoms with Crippen molar-refractivity contribution in [3.63, 3.8) is 0 Å². The molecule has 2 aromatic rings. The minimum absolute atomic E-state index is 0.247. The molecule has 0 fully saturated rings. The van der Waals surface area contributed by atoms with E-state index in [1.807, 2.05) is 12.1 Å². The molecule has 2 rings (SSSR count). The van der Waals surface area contributed by atoms with Gasteiger partial charge in [0.1, 0.15) is 11.5 Å². The molecule has 0 amide bonds. The molecule has 0 radical (unpaired) electrons. The van der Waals surface area contributed by atoms with E-state index >= 15 is 0 Å². The number of ether oxygens (including phenoxy) is 1. The quantitative estimate of drug-likeness (QED) is 0.878. The van der Waals surface area contributed by atoms with E-state index in [0.717, 1.165) is 11.3 Å². The first kappa shape index (κ1) is 13.3. The van der Waals surface area contributed by atoms with Crippen molar-refractivity contribution in [2.75, 3.05) is 12.4 Å². The number of phenolic OH excluding ortho intramolecular Hbond substituents is 1. The van der Waals surface area contributed by atoms with Gasteiger partial charge in [0.05, 0.1) is 7.11 Å². The van der Waals surface area contributed by atoms with Gasteiger partial charge in [-0.25, -0.2) is 0 Å². The van der Waals surface area contributed by atoms with Crippen LogP contribution < -0.4 is 10.1 Å². The van der Waals surface area contributed by atoms with Crippen molar-refractivity contribution in [2.24, 2.45) is 0 Å². The van der Waals surface area contributed by atoms with Crippen molar-refractivity contribution in [1.29, 1.82) is 0 Å². The molecular formula is C16H19NO2. The second-order valence-corrected chi connectivity index (χ2v) is 4.72. The summed E-state index contributed by atoms with van der Waals surface area (Å²) < 4.78 is 5.06. The van der Waals surface area contributed by atoms with E-state index in [2.05, 4.69) is 37.4 Å². The first-order chi connectivity index (χ1) is 9.08. The van der Waals surface area contributed by atoms with E-state index in [9.17, 15) is 5.11 Å². The average molecular weight is 257 g/mol. The van der Waals surface area contributed by atoms with Crippen LogP contribution >= 0.6 is 0 Å². The number of nitrogens with one attached hydrogen (secondary N) is 1. The number of benzene rings is 2. The minimum Gasteiger partial charge on any atom is -0.507 e. The number of aromatic hydroxyl groups is 1. The lowest BCUT2D eigenvalue weighted by molar-refractivity contribution is 0.406. The highest BCUT2D eigenvalue weighted by molar-refractivity contribution is 5.50. The highest BCUT2D eigenvalue weighted by Gasteiger charge is 2.03. The number of rotatable bonds is 4. The summed E-state index contributed by atoms with van der Waals surface area (Å²) in [6, 6.07) is 11.7. The van der Waals surface area contributed by atoms with Gasteiger partial charge in [0.2, 0.25) is 0 Å². The predicted octanol–water partition coefficient (Wildman–Crippen LogP) is 3.63. The van der Waals surface area contributed by atoms with Crippen LogP contribution in [-0.4, -0.2) is 12.2 Å². The Morgan fingerprint density at radius 2 is 1.74 bits per heavy atom. The Morgan fingerprint density at radius 3 is 2.32 bits per heavy atom. The van der Waals surface area contributed by atoms with Gasteiger partial charge in [0.25, 0.3) is 0 Å². The third kappa shape index (κ3) is 3.41. The molecule has 0 spiro atoms. The molecule has 0 saturated heterocycles. The lowest BCUT2D eigenvalue weighted by Gasteiger charge is -2.11. The van der Waals surface area contributed by atoms with Gasteiger partial charge in [-0.05, 0) is 49.2 Å². The summed E-state index contributed by atoms with van der Waals surface area (Å²) in [7, 11) is 1.59. The monoisotopic (exact) mass is 257 g/mol. The molecule has 0 aromatic heterocycles. The lowest BCUT2D eigenvalue weighted by Crippen LogP contribution is -2.00. The molecule has 100 valence electrons. The van der Waals surface area contributed by atoms with Crippen molar-refractivity contribution in [3.05, 3.63) is 53.1 Å². The Labute approximate surface area is 113 Å². The number of hydrogen-bond acceptors (Lipinski definition) is 3. The molecule has 0 aliphatic heterocycles. The fraction of sp³-hybridized carbons (Fsp3) is 0.250. The zero-order chi connectivity index (χ0) is 13.8. The van der Waals surface area contributed by atoms with Crippen LogP contribution in [-0.2, 0) is 6.54 Å². The zero-order valence-corrected chi connectivity index (χ0v) is 11.5. The number of methoxy groups -OCH3 is 1. The maximum absolute atomic E-state index is 9.89. The first-order valence-corrected chi connectivity index (χ1v) is 6.26. The Hall–Kier alpha value is -2.16. The van der Waals surface area contributed by atoms with E-state index in [0.29, 0.717) is 12.3 Å². The topological polar surface area (TPSA) is 41.5 Å². The molecule has 2 N–H and O–H groups in total. The normalized spacial score (nSPS) is 10.3. The summed E-state index contributed by atoms with van der Waals surface area (Å²) in [6.45, 7) is 4.73. The van der Waals surface area contributed by atoms with Crippen LogP contribution in [0, 0.1) is 13.8 Å².